The van der Waals surface area contributed by atoms with Gasteiger partial charge in [-0.15, -0.1) is 0 Å². The fourth-order valence-corrected chi connectivity index (χ4v) is 3.61. The molecular formula is C24H16ClNO6. The number of hydrogen-bond donors (Lipinski definition) is 0. The molecule has 0 aliphatic carbocycles. The van der Waals surface area contributed by atoms with Crippen molar-refractivity contribution in [1.82, 2.24) is 0 Å². The van der Waals surface area contributed by atoms with Crippen molar-refractivity contribution < 1.29 is 28.7 Å². The average Bonchev–Trinajstić information content (AvgIpc) is 3.07. The molecule has 0 saturated carbocycles. The summed E-state index contributed by atoms with van der Waals surface area (Å²) in [6, 6.07) is 17.4. The molecule has 160 valence electrons. The minimum Gasteiger partial charge on any atom is -0.496 e. The van der Waals surface area contributed by atoms with E-state index in [2.05, 4.69) is 0 Å². The maximum absolute atomic E-state index is 12.8. The maximum atomic E-state index is 12.8. The van der Waals surface area contributed by atoms with Gasteiger partial charge in [0.05, 0.1) is 28.9 Å². The lowest BCUT2D eigenvalue weighted by Gasteiger charge is -2.18. The second-order valence-electron chi connectivity index (χ2n) is 6.86. The van der Waals surface area contributed by atoms with Gasteiger partial charge >= 0.3 is 5.97 Å². The number of fused-ring (bicyclic) bond motifs is 1. The number of carbonyl (C=O) groups is 4. The van der Waals surface area contributed by atoms with E-state index in [-0.39, 0.29) is 38.9 Å². The first kappa shape index (κ1) is 21.3. The zero-order chi connectivity index (χ0) is 22.8. The number of methoxy groups -OCH3 is 1. The standard InChI is InChI=1S/C24H16ClNO6/c1-31-21-12-19(26-22(28)15-9-5-6-10-16(15)23(26)29)18(25)11-17(21)24(30)32-13-20(27)14-7-3-2-4-8-14/h2-12H,13H2,1H3. The maximum Gasteiger partial charge on any atom is 0.342 e. The highest BCUT2D eigenvalue weighted by molar-refractivity contribution is 6.40. The molecule has 8 heteroatoms. The molecule has 3 aromatic carbocycles. The molecule has 4 rings (SSSR count). The van der Waals surface area contributed by atoms with Gasteiger partial charge in [0.2, 0.25) is 0 Å². The van der Waals surface area contributed by atoms with Crippen LogP contribution in [0, 0.1) is 0 Å². The third kappa shape index (κ3) is 3.74. The quantitative estimate of drug-likeness (QED) is 0.318. The van der Waals surface area contributed by atoms with Crippen LogP contribution >= 0.6 is 11.6 Å². The summed E-state index contributed by atoms with van der Waals surface area (Å²) in [5, 5.41) is -0.0263. The van der Waals surface area contributed by atoms with Crippen LogP contribution in [0.1, 0.15) is 41.4 Å². The molecule has 1 aliphatic heterocycles. The van der Waals surface area contributed by atoms with Crippen molar-refractivity contribution in [2.45, 2.75) is 0 Å². The van der Waals surface area contributed by atoms with Crippen LogP contribution in [0.15, 0.2) is 66.7 Å². The van der Waals surface area contributed by atoms with Gasteiger partial charge in [0.1, 0.15) is 11.3 Å². The van der Waals surface area contributed by atoms with Crippen molar-refractivity contribution in [1.29, 1.82) is 0 Å². The van der Waals surface area contributed by atoms with Crippen LogP contribution < -0.4 is 9.64 Å². The van der Waals surface area contributed by atoms with Gasteiger partial charge in [-0.1, -0.05) is 54.1 Å². The molecule has 2 amide bonds. The van der Waals surface area contributed by atoms with Gasteiger partial charge in [0, 0.05) is 11.6 Å². The molecule has 0 bridgehead atoms. The number of esters is 1. The minimum absolute atomic E-state index is 0.0263. The molecule has 0 fully saturated rings. The predicted molar refractivity (Wildman–Crippen MR) is 117 cm³/mol. The Kier molecular flexibility index (Phi) is 5.75. The van der Waals surface area contributed by atoms with Crippen LogP contribution in [0.3, 0.4) is 0 Å². The fourth-order valence-electron chi connectivity index (χ4n) is 3.37. The molecule has 0 spiro atoms. The van der Waals surface area contributed by atoms with E-state index in [1.165, 1.54) is 19.2 Å². The van der Waals surface area contributed by atoms with Crippen molar-refractivity contribution in [2.75, 3.05) is 18.6 Å². The van der Waals surface area contributed by atoms with Crippen LogP contribution in [0.4, 0.5) is 5.69 Å². The third-order valence-corrected chi connectivity index (χ3v) is 5.26. The van der Waals surface area contributed by atoms with Crippen molar-refractivity contribution >= 4 is 40.9 Å². The van der Waals surface area contributed by atoms with Crippen molar-refractivity contribution in [3.63, 3.8) is 0 Å². The molecule has 1 heterocycles. The van der Waals surface area contributed by atoms with Crippen LogP contribution in [0.5, 0.6) is 5.75 Å². The number of anilines is 1. The van der Waals surface area contributed by atoms with Crippen molar-refractivity contribution in [3.05, 3.63) is 94.0 Å². The molecule has 32 heavy (non-hydrogen) atoms. The first-order chi connectivity index (χ1) is 15.4. The van der Waals surface area contributed by atoms with Crippen LogP contribution in [-0.2, 0) is 4.74 Å². The molecule has 0 radical (unpaired) electrons. The highest BCUT2D eigenvalue weighted by atomic mass is 35.5. The molecule has 0 aromatic heterocycles. The van der Waals surface area contributed by atoms with E-state index in [0.29, 0.717) is 5.56 Å². The molecule has 3 aromatic rings. The van der Waals surface area contributed by atoms with Gasteiger partial charge in [0.25, 0.3) is 11.8 Å². The summed E-state index contributed by atoms with van der Waals surface area (Å²) in [5.74, 6) is -2.22. The average molecular weight is 450 g/mol. The van der Waals surface area contributed by atoms with E-state index >= 15 is 0 Å². The SMILES string of the molecule is COc1cc(N2C(=O)c3ccccc3C2=O)c(Cl)cc1C(=O)OCC(=O)c1ccccc1. The lowest BCUT2D eigenvalue weighted by molar-refractivity contribution is 0.0471. The van der Waals surface area contributed by atoms with Gasteiger partial charge in [-0.25, -0.2) is 9.69 Å². The molecule has 1 aliphatic rings. The molecular weight excluding hydrogens is 434 g/mol. The summed E-state index contributed by atoms with van der Waals surface area (Å²) >= 11 is 6.34. The Bertz CT molecular complexity index is 1220. The lowest BCUT2D eigenvalue weighted by atomic mass is 10.1. The number of halogens is 1. The summed E-state index contributed by atoms with van der Waals surface area (Å²) in [5.41, 5.74) is 0.961. The van der Waals surface area contributed by atoms with Crippen molar-refractivity contribution in [2.24, 2.45) is 0 Å². The predicted octanol–water partition coefficient (Wildman–Crippen LogP) is 4.19. The summed E-state index contributed by atoms with van der Waals surface area (Å²) in [6.45, 7) is -0.468. The molecule has 0 unspecified atom stereocenters. The normalized spacial score (nSPS) is 12.5. The Labute approximate surface area is 188 Å². The summed E-state index contributed by atoms with van der Waals surface area (Å²) in [6.07, 6.45) is 0. The van der Waals surface area contributed by atoms with Crippen LogP contribution in [-0.4, -0.2) is 37.3 Å². The van der Waals surface area contributed by atoms with E-state index in [1.807, 2.05) is 0 Å². The van der Waals surface area contributed by atoms with E-state index in [4.69, 9.17) is 21.1 Å². The van der Waals surface area contributed by atoms with E-state index < -0.39 is 24.4 Å². The number of ether oxygens (including phenoxy) is 2. The minimum atomic E-state index is -0.832. The van der Waals surface area contributed by atoms with Crippen LogP contribution in [0.2, 0.25) is 5.02 Å². The Morgan fingerprint density at radius 2 is 1.50 bits per heavy atom. The highest BCUT2D eigenvalue weighted by Gasteiger charge is 2.38. The number of nitrogens with zero attached hydrogens (tertiary/aromatic N) is 1. The zero-order valence-electron chi connectivity index (χ0n) is 16.8. The van der Waals surface area contributed by atoms with Crippen molar-refractivity contribution in [3.8, 4) is 5.75 Å². The van der Waals surface area contributed by atoms with Gasteiger partial charge in [-0.2, -0.15) is 0 Å². The number of ketones is 1. The number of hydrogen-bond acceptors (Lipinski definition) is 6. The van der Waals surface area contributed by atoms with Gasteiger partial charge in [-0.3, -0.25) is 14.4 Å². The second kappa shape index (κ2) is 8.64. The van der Waals surface area contributed by atoms with Crippen LogP contribution in [0.25, 0.3) is 0 Å². The van der Waals surface area contributed by atoms with Gasteiger partial charge < -0.3 is 9.47 Å². The zero-order valence-corrected chi connectivity index (χ0v) is 17.6. The number of rotatable bonds is 6. The Morgan fingerprint density at radius 1 is 0.906 bits per heavy atom. The number of benzene rings is 3. The first-order valence-corrected chi connectivity index (χ1v) is 9.91. The van der Waals surface area contributed by atoms with Gasteiger partial charge in [0.15, 0.2) is 12.4 Å². The Hall–Kier alpha value is -3.97. The van der Waals surface area contributed by atoms with E-state index in [9.17, 15) is 19.2 Å². The first-order valence-electron chi connectivity index (χ1n) is 9.53. The Balaban J connectivity index is 1.59. The highest BCUT2D eigenvalue weighted by Crippen LogP contribution is 2.38. The second-order valence-corrected chi connectivity index (χ2v) is 7.27. The molecule has 0 saturated heterocycles. The summed E-state index contributed by atoms with van der Waals surface area (Å²) < 4.78 is 10.4. The monoisotopic (exact) mass is 449 g/mol. The summed E-state index contributed by atoms with van der Waals surface area (Å²) in [7, 11) is 1.32. The number of Topliss-reactive ketones (excluding diaryl/α,β-unsaturated/α-hetero) is 1. The van der Waals surface area contributed by atoms with Gasteiger partial charge in [-0.05, 0) is 18.2 Å². The van der Waals surface area contributed by atoms with E-state index in [1.54, 1.807) is 54.6 Å². The molecule has 0 N–H and O–H groups in total. The number of carbonyl (C=O) groups excluding carboxylic acids is 4. The number of amides is 2. The number of imide groups is 1. The smallest absolute Gasteiger partial charge is 0.342 e. The fraction of sp³-hybridized carbons (Fsp3) is 0.0833. The Morgan fingerprint density at radius 3 is 2.09 bits per heavy atom. The topological polar surface area (TPSA) is 90.0 Å². The molecule has 7 nitrogen and oxygen atoms in total. The largest absolute Gasteiger partial charge is 0.496 e. The lowest BCUT2D eigenvalue weighted by Crippen LogP contribution is -2.29. The third-order valence-electron chi connectivity index (χ3n) is 4.95. The molecule has 0 atom stereocenters. The summed E-state index contributed by atoms with van der Waals surface area (Å²) in [4.78, 5) is 51.3. The van der Waals surface area contributed by atoms with E-state index in [0.717, 1.165) is 4.90 Å².